The van der Waals surface area contributed by atoms with Crippen LogP contribution in [0.2, 0.25) is 0 Å². The standard InChI is InChI=1S/C25H27NO7/c1-31-21-14-17(12-13-20(21)33-15-16-8-4-3-5-9-16)22(25(30)32-2)26-23(27)18-10-6-7-11-19(18)24(28)29/h3-5,8-9,12-14,22H,6-7,10-11,15H2,1-2H3,(H,26,27)(H,28,29)/t22-/m1/s1. The first kappa shape index (κ1) is 23.8. The molecule has 0 heterocycles. The molecule has 2 aromatic carbocycles. The number of carboxylic acids is 1. The molecule has 0 aromatic heterocycles. The van der Waals surface area contributed by atoms with Crippen molar-refractivity contribution in [3.63, 3.8) is 0 Å². The average molecular weight is 453 g/mol. The van der Waals surface area contributed by atoms with E-state index < -0.39 is 23.9 Å². The monoisotopic (exact) mass is 453 g/mol. The van der Waals surface area contributed by atoms with Crippen LogP contribution in [0, 0.1) is 0 Å². The fraction of sp³-hybridized carbons (Fsp3) is 0.320. The summed E-state index contributed by atoms with van der Waals surface area (Å²) in [5.74, 6) is -1.53. The molecule has 0 saturated heterocycles. The van der Waals surface area contributed by atoms with E-state index in [0.717, 1.165) is 5.56 Å². The molecule has 2 N–H and O–H groups in total. The van der Waals surface area contributed by atoms with E-state index in [0.29, 0.717) is 49.4 Å². The number of hydrogen-bond acceptors (Lipinski definition) is 6. The van der Waals surface area contributed by atoms with Gasteiger partial charge in [-0.3, -0.25) is 4.79 Å². The van der Waals surface area contributed by atoms with Gasteiger partial charge in [-0.05, 0) is 48.9 Å². The Labute approximate surface area is 192 Å². The molecule has 1 atom stereocenters. The van der Waals surface area contributed by atoms with Gasteiger partial charge >= 0.3 is 11.9 Å². The number of benzene rings is 2. The number of hydrogen-bond donors (Lipinski definition) is 2. The molecule has 0 radical (unpaired) electrons. The molecule has 1 aliphatic carbocycles. The second-order valence-corrected chi connectivity index (χ2v) is 7.58. The molecule has 174 valence electrons. The number of nitrogens with one attached hydrogen (secondary N) is 1. The second kappa shape index (κ2) is 11.2. The Kier molecular flexibility index (Phi) is 8.07. The number of methoxy groups -OCH3 is 2. The first-order valence-electron chi connectivity index (χ1n) is 10.6. The van der Waals surface area contributed by atoms with Crippen molar-refractivity contribution in [2.24, 2.45) is 0 Å². The highest BCUT2D eigenvalue weighted by Gasteiger charge is 2.29. The minimum atomic E-state index is -1.14. The minimum absolute atomic E-state index is 0.0876. The van der Waals surface area contributed by atoms with Crippen molar-refractivity contribution in [1.29, 1.82) is 0 Å². The van der Waals surface area contributed by atoms with Gasteiger partial charge in [-0.25, -0.2) is 9.59 Å². The molecule has 1 amide bonds. The quantitative estimate of drug-likeness (QED) is 0.559. The van der Waals surface area contributed by atoms with Gasteiger partial charge in [0.05, 0.1) is 14.2 Å². The Bertz CT molecular complexity index is 1050. The third-order valence-electron chi connectivity index (χ3n) is 5.47. The number of aliphatic carboxylic acids is 1. The van der Waals surface area contributed by atoms with Gasteiger partial charge in [0.25, 0.3) is 0 Å². The minimum Gasteiger partial charge on any atom is -0.493 e. The van der Waals surface area contributed by atoms with Gasteiger partial charge in [0, 0.05) is 11.1 Å². The molecule has 0 spiro atoms. The summed E-state index contributed by atoms with van der Waals surface area (Å²) in [5.41, 5.74) is 1.69. The summed E-state index contributed by atoms with van der Waals surface area (Å²) in [4.78, 5) is 36.9. The van der Waals surface area contributed by atoms with E-state index in [-0.39, 0.29) is 11.1 Å². The molecule has 33 heavy (non-hydrogen) atoms. The number of esters is 1. The third-order valence-corrected chi connectivity index (χ3v) is 5.47. The van der Waals surface area contributed by atoms with Crippen LogP contribution in [-0.2, 0) is 25.7 Å². The maximum absolute atomic E-state index is 12.9. The van der Waals surface area contributed by atoms with Crippen LogP contribution >= 0.6 is 0 Å². The Morgan fingerprint density at radius 1 is 0.970 bits per heavy atom. The first-order valence-corrected chi connectivity index (χ1v) is 10.6. The number of rotatable bonds is 9. The van der Waals surface area contributed by atoms with Gasteiger partial charge in [-0.1, -0.05) is 36.4 Å². The second-order valence-electron chi connectivity index (χ2n) is 7.58. The maximum atomic E-state index is 12.9. The van der Waals surface area contributed by atoms with E-state index >= 15 is 0 Å². The molecule has 0 bridgehead atoms. The summed E-state index contributed by atoms with van der Waals surface area (Å²) in [6, 6.07) is 13.4. The zero-order chi connectivity index (χ0) is 23.8. The largest absolute Gasteiger partial charge is 0.493 e. The lowest BCUT2D eigenvalue weighted by molar-refractivity contribution is -0.144. The molecule has 8 nitrogen and oxygen atoms in total. The molecule has 0 aliphatic heterocycles. The summed E-state index contributed by atoms with van der Waals surface area (Å²) in [7, 11) is 2.70. The van der Waals surface area contributed by atoms with E-state index in [4.69, 9.17) is 14.2 Å². The molecule has 3 rings (SSSR count). The van der Waals surface area contributed by atoms with Gasteiger partial charge in [-0.2, -0.15) is 0 Å². The summed E-state index contributed by atoms with van der Waals surface area (Å²) in [6.07, 6.45) is 2.09. The molecule has 0 unspecified atom stereocenters. The summed E-state index contributed by atoms with van der Waals surface area (Å²) in [6.45, 7) is 0.333. The van der Waals surface area contributed by atoms with Crippen LogP contribution in [0.3, 0.4) is 0 Å². The van der Waals surface area contributed by atoms with Crippen LogP contribution in [0.4, 0.5) is 0 Å². The molecule has 2 aromatic rings. The number of carboxylic acid groups (broad SMARTS) is 1. The lowest BCUT2D eigenvalue weighted by Crippen LogP contribution is -2.36. The van der Waals surface area contributed by atoms with Crippen molar-refractivity contribution >= 4 is 17.8 Å². The number of ether oxygens (including phenoxy) is 3. The highest BCUT2D eigenvalue weighted by molar-refractivity contribution is 6.03. The SMILES string of the molecule is COC(=O)[C@H](NC(=O)C1=C(C(=O)O)CCCC1)c1ccc(OCc2ccccc2)c(OC)c1. The van der Waals surface area contributed by atoms with Crippen molar-refractivity contribution in [2.45, 2.75) is 38.3 Å². The molecular weight excluding hydrogens is 426 g/mol. The Balaban J connectivity index is 1.84. The van der Waals surface area contributed by atoms with Crippen molar-refractivity contribution in [3.05, 3.63) is 70.8 Å². The predicted octanol–water partition coefficient (Wildman–Crippen LogP) is 3.56. The normalized spacial score (nSPS) is 14.2. The third kappa shape index (κ3) is 5.91. The molecule has 1 aliphatic rings. The van der Waals surface area contributed by atoms with Gasteiger partial charge in [0.2, 0.25) is 5.91 Å². The predicted molar refractivity (Wildman–Crippen MR) is 120 cm³/mol. The molecule has 0 fully saturated rings. The zero-order valence-electron chi connectivity index (χ0n) is 18.6. The number of amides is 1. The van der Waals surface area contributed by atoms with E-state index in [1.54, 1.807) is 18.2 Å². The highest BCUT2D eigenvalue weighted by atomic mass is 16.5. The van der Waals surface area contributed by atoms with Crippen molar-refractivity contribution in [3.8, 4) is 11.5 Å². The van der Waals surface area contributed by atoms with Gasteiger partial charge in [0.1, 0.15) is 6.61 Å². The summed E-state index contributed by atoms with van der Waals surface area (Å²) in [5, 5.41) is 12.1. The molecular formula is C25H27NO7. The van der Waals surface area contributed by atoms with Crippen LogP contribution in [0.15, 0.2) is 59.7 Å². The Morgan fingerprint density at radius 3 is 2.30 bits per heavy atom. The zero-order valence-corrected chi connectivity index (χ0v) is 18.6. The van der Waals surface area contributed by atoms with Gasteiger partial charge < -0.3 is 24.6 Å². The summed E-state index contributed by atoms with van der Waals surface area (Å²) < 4.78 is 16.2. The van der Waals surface area contributed by atoms with Gasteiger partial charge in [-0.15, -0.1) is 0 Å². The van der Waals surface area contributed by atoms with E-state index in [1.165, 1.54) is 14.2 Å². The van der Waals surface area contributed by atoms with Crippen LogP contribution in [0.1, 0.15) is 42.9 Å². The van der Waals surface area contributed by atoms with Crippen molar-refractivity contribution in [2.75, 3.05) is 14.2 Å². The first-order chi connectivity index (χ1) is 15.9. The Hall–Kier alpha value is -3.81. The van der Waals surface area contributed by atoms with E-state index in [2.05, 4.69) is 5.32 Å². The van der Waals surface area contributed by atoms with Crippen molar-refractivity contribution in [1.82, 2.24) is 5.32 Å². The topological polar surface area (TPSA) is 111 Å². The molecule has 0 saturated carbocycles. The highest BCUT2D eigenvalue weighted by Crippen LogP contribution is 2.32. The lowest BCUT2D eigenvalue weighted by atomic mass is 9.91. The van der Waals surface area contributed by atoms with E-state index in [1.807, 2.05) is 30.3 Å². The number of carbonyl (C=O) groups excluding carboxylic acids is 2. The van der Waals surface area contributed by atoms with Crippen LogP contribution in [-0.4, -0.2) is 37.2 Å². The number of carbonyl (C=O) groups is 3. The van der Waals surface area contributed by atoms with Crippen LogP contribution < -0.4 is 14.8 Å². The van der Waals surface area contributed by atoms with Crippen LogP contribution in [0.25, 0.3) is 0 Å². The van der Waals surface area contributed by atoms with Crippen molar-refractivity contribution < 1.29 is 33.7 Å². The Morgan fingerprint density at radius 2 is 1.67 bits per heavy atom. The fourth-order valence-corrected chi connectivity index (χ4v) is 3.72. The smallest absolute Gasteiger partial charge is 0.333 e. The van der Waals surface area contributed by atoms with Crippen LogP contribution in [0.5, 0.6) is 11.5 Å². The lowest BCUT2D eigenvalue weighted by Gasteiger charge is -2.22. The average Bonchev–Trinajstić information content (AvgIpc) is 2.85. The maximum Gasteiger partial charge on any atom is 0.333 e. The molecule has 8 heteroatoms. The van der Waals surface area contributed by atoms with Gasteiger partial charge in [0.15, 0.2) is 17.5 Å². The van der Waals surface area contributed by atoms with E-state index in [9.17, 15) is 19.5 Å². The summed E-state index contributed by atoms with van der Waals surface area (Å²) >= 11 is 0. The fourth-order valence-electron chi connectivity index (χ4n) is 3.72.